The number of alkyl halides is 3. The molecule has 0 saturated carbocycles. The van der Waals surface area contributed by atoms with Crippen LogP contribution in [0.2, 0.25) is 5.02 Å². The number of Topliss-reactive ketones (excluding diaryl/α,β-unsaturated/α-hetero) is 2. The molecule has 2 aliphatic rings. The fourth-order valence-electron chi connectivity index (χ4n) is 9.41. The molecule has 18 nitrogen and oxygen atoms in total. The molecule has 0 aliphatic carbocycles. The van der Waals surface area contributed by atoms with Crippen molar-refractivity contribution < 1.29 is 41.8 Å². The zero-order valence-corrected chi connectivity index (χ0v) is 47.9. The monoisotopic (exact) mass is 1190 g/mol. The second-order valence-corrected chi connectivity index (χ2v) is 20.9. The molecule has 4 amide bonds. The quantitative estimate of drug-likeness (QED) is 0.0348. The number of ketones is 2. The van der Waals surface area contributed by atoms with Gasteiger partial charge in [0.15, 0.2) is 11.6 Å². The lowest BCUT2D eigenvalue weighted by molar-refractivity contribution is -0.137. The Morgan fingerprint density at radius 2 is 0.919 bits per heavy atom. The number of benzene rings is 6. The first-order valence-electron chi connectivity index (χ1n) is 28.1. The fraction of sp³-hybridized carbons (Fsp3) is 0.250. The number of anilines is 8. The molecular weight excluding hydrogens is 1130 g/mol. The molecule has 2 saturated heterocycles. The summed E-state index contributed by atoms with van der Waals surface area (Å²) in [5.74, 6) is 1.98. The molecule has 86 heavy (non-hydrogen) atoms. The summed E-state index contributed by atoms with van der Waals surface area (Å²) >= 11 is 6.26. The molecule has 444 valence electrons. The molecule has 4 heterocycles. The third-order valence-electron chi connectivity index (χ3n) is 13.9. The van der Waals surface area contributed by atoms with Crippen molar-refractivity contribution in [1.82, 2.24) is 29.7 Å². The van der Waals surface area contributed by atoms with Crippen molar-refractivity contribution in [3.63, 3.8) is 0 Å². The van der Waals surface area contributed by atoms with Gasteiger partial charge < -0.3 is 41.4 Å². The van der Waals surface area contributed by atoms with Gasteiger partial charge in [0, 0.05) is 96.0 Å². The first-order valence-corrected chi connectivity index (χ1v) is 28.4. The normalized spacial score (nSPS) is 13.2. The smallest absolute Gasteiger partial charge is 0.416 e. The Balaban J connectivity index is 0.000000206. The molecule has 6 N–H and O–H groups in total. The molecule has 10 rings (SSSR count). The second kappa shape index (κ2) is 29.9. The van der Waals surface area contributed by atoms with Gasteiger partial charge in [-0.15, -0.1) is 0 Å². The van der Waals surface area contributed by atoms with Crippen LogP contribution in [-0.4, -0.2) is 106 Å². The first kappa shape index (κ1) is 61.1. The summed E-state index contributed by atoms with van der Waals surface area (Å²) in [6.07, 6.45) is 6.96. The van der Waals surface area contributed by atoms with E-state index in [1.807, 2.05) is 79.7 Å². The van der Waals surface area contributed by atoms with Crippen LogP contribution in [0.3, 0.4) is 0 Å². The van der Waals surface area contributed by atoms with E-state index in [1.54, 1.807) is 36.7 Å². The van der Waals surface area contributed by atoms with Crippen LogP contribution in [0.15, 0.2) is 164 Å². The third-order valence-corrected chi connectivity index (χ3v) is 14.2. The van der Waals surface area contributed by atoms with Crippen LogP contribution in [0.4, 0.5) is 68.8 Å². The Hall–Kier alpha value is -9.44. The summed E-state index contributed by atoms with van der Waals surface area (Å²) in [6, 6.07) is 37.0. The van der Waals surface area contributed by atoms with Crippen LogP contribution in [-0.2, 0) is 19.0 Å². The van der Waals surface area contributed by atoms with E-state index in [1.165, 1.54) is 81.5 Å². The Morgan fingerprint density at radius 3 is 1.41 bits per heavy atom. The van der Waals surface area contributed by atoms with E-state index >= 15 is 0 Å². The van der Waals surface area contributed by atoms with Gasteiger partial charge in [0.25, 0.3) is 0 Å². The fourth-order valence-corrected chi connectivity index (χ4v) is 9.63. The highest BCUT2D eigenvalue weighted by Gasteiger charge is 2.30. The highest BCUT2D eigenvalue weighted by atomic mass is 35.5. The van der Waals surface area contributed by atoms with Crippen molar-refractivity contribution >= 4 is 81.3 Å². The SMILES string of the molecule is Cc1ccc(NC(=O)Nc2ccccc2)cc1C(=O)Cc1cnc(Nc2ccc(OCCN3CCCC3)cc2)nc1.O=C(Nc1cccc(C(F)(F)F)c1)Nc1ccc(Cl)c(C(=O)Cc2cnc(Nc3ccc(OCCN4CCCC4)cc3)nc2)c1. The zero-order valence-electron chi connectivity index (χ0n) is 47.1. The highest BCUT2D eigenvalue weighted by molar-refractivity contribution is 6.34. The average molecular weight is 1190 g/mol. The molecule has 0 spiro atoms. The van der Waals surface area contributed by atoms with E-state index in [0.717, 1.165) is 66.7 Å². The molecule has 8 aromatic rings. The van der Waals surface area contributed by atoms with Crippen LogP contribution in [0, 0.1) is 6.92 Å². The van der Waals surface area contributed by atoms with Crippen molar-refractivity contribution in [1.29, 1.82) is 0 Å². The van der Waals surface area contributed by atoms with Crippen molar-refractivity contribution in [2.45, 2.75) is 51.6 Å². The number of carbonyl (C=O) groups is 4. The first-order chi connectivity index (χ1) is 41.6. The predicted octanol–water partition coefficient (Wildman–Crippen LogP) is 13.5. The number of likely N-dealkylation sites (tertiary alicyclic amines) is 2. The Labute approximate surface area is 500 Å². The molecule has 0 atom stereocenters. The lowest BCUT2D eigenvalue weighted by Gasteiger charge is -2.15. The maximum atomic E-state index is 13.1. The minimum absolute atomic E-state index is 0.0418. The number of nitrogens with one attached hydrogen (secondary N) is 6. The number of amides is 4. The van der Waals surface area contributed by atoms with E-state index in [2.05, 4.69) is 61.6 Å². The summed E-state index contributed by atoms with van der Waals surface area (Å²) < 4.78 is 50.6. The summed E-state index contributed by atoms with van der Waals surface area (Å²) in [4.78, 5) is 73.1. The van der Waals surface area contributed by atoms with Crippen LogP contribution >= 0.6 is 11.6 Å². The number of carbonyl (C=O) groups excluding carboxylic acids is 4. The van der Waals surface area contributed by atoms with Gasteiger partial charge >= 0.3 is 18.2 Å². The number of aromatic nitrogens is 4. The molecule has 0 bridgehead atoms. The van der Waals surface area contributed by atoms with E-state index in [0.29, 0.717) is 53.2 Å². The Kier molecular flexibility index (Phi) is 21.2. The van der Waals surface area contributed by atoms with Crippen LogP contribution in [0.25, 0.3) is 0 Å². The van der Waals surface area contributed by atoms with Gasteiger partial charge in [-0.1, -0.05) is 41.9 Å². The van der Waals surface area contributed by atoms with Gasteiger partial charge in [-0.25, -0.2) is 29.5 Å². The number of ether oxygens (including phenoxy) is 2. The van der Waals surface area contributed by atoms with Crippen LogP contribution in [0.1, 0.15) is 68.7 Å². The molecule has 0 radical (unpaired) electrons. The van der Waals surface area contributed by atoms with Gasteiger partial charge in [0.05, 0.1) is 10.6 Å². The Morgan fingerprint density at radius 1 is 0.500 bits per heavy atom. The van der Waals surface area contributed by atoms with E-state index < -0.39 is 17.8 Å². The number of halogens is 4. The molecule has 2 aliphatic heterocycles. The summed E-state index contributed by atoms with van der Waals surface area (Å²) in [7, 11) is 0. The molecule has 2 aromatic heterocycles. The lowest BCUT2D eigenvalue weighted by atomic mass is 10.00. The lowest BCUT2D eigenvalue weighted by Crippen LogP contribution is -2.25. The van der Waals surface area contributed by atoms with Gasteiger partial charge in [0.1, 0.15) is 24.7 Å². The second-order valence-electron chi connectivity index (χ2n) is 20.5. The number of para-hydroxylation sites is 1. The maximum absolute atomic E-state index is 13.1. The number of aryl methyl sites for hydroxylation is 1. The zero-order chi connectivity index (χ0) is 60.3. The van der Waals surface area contributed by atoms with Gasteiger partial charge in [-0.2, -0.15) is 13.2 Å². The van der Waals surface area contributed by atoms with Gasteiger partial charge in [0.2, 0.25) is 11.9 Å². The molecular formula is C64H64ClF3N12O6. The Bertz CT molecular complexity index is 3560. The van der Waals surface area contributed by atoms with Crippen LogP contribution in [0.5, 0.6) is 11.5 Å². The van der Waals surface area contributed by atoms with Crippen molar-refractivity contribution in [2.75, 3.05) is 84.4 Å². The average Bonchev–Trinajstić information content (AvgIpc) is 4.09. The summed E-state index contributed by atoms with van der Waals surface area (Å²) in [5.41, 5.74) is 4.88. The van der Waals surface area contributed by atoms with Gasteiger partial charge in [-0.3, -0.25) is 19.4 Å². The van der Waals surface area contributed by atoms with E-state index in [-0.39, 0.29) is 52.4 Å². The maximum Gasteiger partial charge on any atom is 0.416 e. The summed E-state index contributed by atoms with van der Waals surface area (Å²) in [6.45, 7) is 9.66. The topological polar surface area (TPSA) is 217 Å². The highest BCUT2D eigenvalue weighted by Crippen LogP contribution is 2.31. The third kappa shape index (κ3) is 18.8. The number of hydrogen-bond acceptors (Lipinski definition) is 14. The number of urea groups is 2. The molecule has 22 heteroatoms. The minimum Gasteiger partial charge on any atom is -0.492 e. The number of nitrogens with zero attached hydrogens (tertiary/aromatic N) is 6. The van der Waals surface area contributed by atoms with Crippen molar-refractivity contribution in [2.24, 2.45) is 0 Å². The molecule has 6 aromatic carbocycles. The summed E-state index contributed by atoms with van der Waals surface area (Å²) in [5, 5.41) is 16.9. The van der Waals surface area contributed by atoms with Crippen LogP contribution < -0.4 is 41.4 Å². The number of hydrogen-bond donors (Lipinski definition) is 6. The predicted molar refractivity (Wildman–Crippen MR) is 328 cm³/mol. The molecule has 2 fully saturated rings. The molecule has 0 unspecified atom stereocenters. The van der Waals surface area contributed by atoms with E-state index in [9.17, 15) is 32.3 Å². The van der Waals surface area contributed by atoms with Crippen molar-refractivity contribution in [3.05, 3.63) is 203 Å². The minimum atomic E-state index is -4.55. The van der Waals surface area contributed by atoms with E-state index in [4.69, 9.17) is 21.1 Å². The largest absolute Gasteiger partial charge is 0.492 e. The number of rotatable bonds is 22. The van der Waals surface area contributed by atoms with Crippen molar-refractivity contribution in [3.8, 4) is 11.5 Å². The standard InChI is InChI=1S/C32H30ClF3N6O3.C32H34N6O3/c33-28-11-8-25(41-31(44)40-24-5-3-4-22(17-24)32(34,35)36)18-27(28)29(43)16-21-19-37-30(38-20-21)39-23-6-9-26(10-7-23)45-15-14-42-12-1-2-13-42;1-23-9-10-27(37-32(40)36-25-7-3-2-4-8-25)20-29(23)30(39)19-24-21-33-31(34-22-24)35-26-11-13-28(14-12-26)41-18-17-38-15-5-6-16-38/h3-11,17-20H,1-2,12-16H2,(H,37,38,39)(H2,40,41,44);2-4,7-14,20-22H,5-6,15-19H2,1H3,(H,33,34,35)(H2,36,37,40). The van der Waals surface area contributed by atoms with Gasteiger partial charge in [-0.05, 0) is 185 Å².